The first-order valence-corrected chi connectivity index (χ1v) is 6.47. The van der Waals surface area contributed by atoms with Crippen molar-refractivity contribution < 1.29 is 19.8 Å². The van der Waals surface area contributed by atoms with Gasteiger partial charge in [-0.3, -0.25) is 4.79 Å². The van der Waals surface area contributed by atoms with E-state index in [1.807, 2.05) is 0 Å². The van der Waals surface area contributed by atoms with Crippen LogP contribution in [0.5, 0.6) is 0 Å². The van der Waals surface area contributed by atoms with Crippen molar-refractivity contribution >= 4 is 12.0 Å². The summed E-state index contributed by atoms with van der Waals surface area (Å²) in [6, 6.07) is -1.19. The van der Waals surface area contributed by atoms with E-state index in [0.29, 0.717) is 0 Å². The molecule has 0 saturated heterocycles. The molecule has 0 aliphatic heterocycles. The summed E-state index contributed by atoms with van der Waals surface area (Å²) in [5, 5.41) is 20.2. The number of nitrogens with zero attached hydrogens (tertiary/aromatic N) is 1. The molecule has 0 aromatic carbocycles. The quantitative estimate of drug-likeness (QED) is 0.680. The molecular formula is C12H22N2O4. The van der Waals surface area contributed by atoms with E-state index in [1.54, 1.807) is 4.90 Å². The maximum Gasteiger partial charge on any atom is 0.325 e. The monoisotopic (exact) mass is 258 g/mol. The zero-order chi connectivity index (χ0) is 13.5. The largest absolute Gasteiger partial charge is 0.480 e. The summed E-state index contributed by atoms with van der Waals surface area (Å²) in [5.74, 6) is -1.06. The van der Waals surface area contributed by atoms with Crippen LogP contribution in [0.2, 0.25) is 0 Å². The molecular weight excluding hydrogens is 236 g/mol. The van der Waals surface area contributed by atoms with Gasteiger partial charge in [0.2, 0.25) is 0 Å². The van der Waals surface area contributed by atoms with E-state index in [1.165, 1.54) is 13.3 Å². The Labute approximate surface area is 107 Å². The van der Waals surface area contributed by atoms with Crippen molar-refractivity contribution in [3.63, 3.8) is 0 Å². The third-order valence-corrected chi connectivity index (χ3v) is 3.33. The molecule has 1 rings (SSSR count). The van der Waals surface area contributed by atoms with E-state index in [2.05, 4.69) is 5.32 Å². The smallest absolute Gasteiger partial charge is 0.325 e. The zero-order valence-corrected chi connectivity index (χ0v) is 10.8. The van der Waals surface area contributed by atoms with Crippen molar-refractivity contribution in [2.75, 3.05) is 13.2 Å². The predicted octanol–water partition coefficient (Wildman–Crippen LogP) is 0.796. The second-order valence-corrected chi connectivity index (χ2v) is 4.72. The molecule has 0 heterocycles. The standard InChI is InChI=1S/C12H22N2O4/c1-9(11(16)17)13-12(18)14(7-8-15)10-5-3-2-4-6-10/h9-10,15H,2-8H2,1H3,(H,13,18)(H,16,17). The number of hydrogen-bond donors (Lipinski definition) is 3. The van der Waals surface area contributed by atoms with Crippen molar-refractivity contribution in [3.05, 3.63) is 0 Å². The minimum absolute atomic E-state index is 0.106. The SMILES string of the molecule is CC(NC(=O)N(CCO)C1CCCCC1)C(=O)O. The molecule has 6 nitrogen and oxygen atoms in total. The van der Waals surface area contributed by atoms with Crippen LogP contribution < -0.4 is 5.32 Å². The number of carboxylic acids is 1. The molecule has 3 N–H and O–H groups in total. The molecule has 1 unspecified atom stereocenters. The lowest BCUT2D eigenvalue weighted by molar-refractivity contribution is -0.138. The molecule has 1 atom stereocenters. The van der Waals surface area contributed by atoms with Gasteiger partial charge in [-0.15, -0.1) is 0 Å². The third kappa shape index (κ3) is 4.18. The van der Waals surface area contributed by atoms with Gasteiger partial charge in [0.05, 0.1) is 6.61 Å². The van der Waals surface area contributed by atoms with Crippen LogP contribution in [-0.2, 0) is 4.79 Å². The number of carbonyl (C=O) groups is 2. The molecule has 2 amide bonds. The van der Waals surface area contributed by atoms with Crippen molar-refractivity contribution in [3.8, 4) is 0 Å². The maximum absolute atomic E-state index is 12.0. The molecule has 18 heavy (non-hydrogen) atoms. The highest BCUT2D eigenvalue weighted by molar-refractivity contribution is 5.82. The van der Waals surface area contributed by atoms with E-state index < -0.39 is 18.0 Å². The van der Waals surface area contributed by atoms with Gasteiger partial charge in [0.25, 0.3) is 0 Å². The number of carboxylic acid groups (broad SMARTS) is 1. The van der Waals surface area contributed by atoms with Crippen LogP contribution in [0.1, 0.15) is 39.0 Å². The van der Waals surface area contributed by atoms with Crippen LogP contribution in [-0.4, -0.2) is 52.3 Å². The zero-order valence-electron chi connectivity index (χ0n) is 10.8. The highest BCUT2D eigenvalue weighted by Crippen LogP contribution is 2.22. The van der Waals surface area contributed by atoms with Gasteiger partial charge in [0, 0.05) is 12.6 Å². The lowest BCUT2D eigenvalue weighted by Gasteiger charge is -2.34. The van der Waals surface area contributed by atoms with Gasteiger partial charge < -0.3 is 20.4 Å². The van der Waals surface area contributed by atoms with Crippen LogP contribution in [0.3, 0.4) is 0 Å². The molecule has 0 aromatic rings. The third-order valence-electron chi connectivity index (χ3n) is 3.33. The van der Waals surface area contributed by atoms with E-state index >= 15 is 0 Å². The summed E-state index contributed by atoms with van der Waals surface area (Å²) in [6.45, 7) is 1.58. The van der Waals surface area contributed by atoms with Crippen LogP contribution in [0.15, 0.2) is 0 Å². The normalized spacial score (nSPS) is 18.1. The fourth-order valence-electron chi connectivity index (χ4n) is 2.28. The van der Waals surface area contributed by atoms with E-state index in [4.69, 9.17) is 10.2 Å². The van der Waals surface area contributed by atoms with Crippen LogP contribution in [0.25, 0.3) is 0 Å². The molecule has 0 aromatic heterocycles. The molecule has 0 spiro atoms. The Bertz CT molecular complexity index is 290. The van der Waals surface area contributed by atoms with E-state index in [0.717, 1.165) is 25.7 Å². The second-order valence-electron chi connectivity index (χ2n) is 4.72. The molecule has 0 radical (unpaired) electrons. The Kier molecular flexibility index (Phi) is 5.91. The number of amides is 2. The van der Waals surface area contributed by atoms with E-state index in [9.17, 15) is 9.59 Å². The Hall–Kier alpha value is -1.30. The average molecular weight is 258 g/mol. The van der Waals surface area contributed by atoms with E-state index in [-0.39, 0.29) is 19.2 Å². The van der Waals surface area contributed by atoms with Gasteiger partial charge in [-0.25, -0.2) is 4.79 Å². The number of hydrogen-bond acceptors (Lipinski definition) is 3. The molecule has 1 aliphatic rings. The fourth-order valence-corrected chi connectivity index (χ4v) is 2.28. The van der Waals surface area contributed by atoms with Gasteiger partial charge in [0.1, 0.15) is 6.04 Å². The highest BCUT2D eigenvalue weighted by Gasteiger charge is 2.26. The molecule has 6 heteroatoms. The summed E-state index contributed by atoms with van der Waals surface area (Å²) in [7, 11) is 0. The maximum atomic E-state index is 12.0. The van der Waals surface area contributed by atoms with Gasteiger partial charge in [-0.05, 0) is 19.8 Å². The molecule has 1 aliphatic carbocycles. The second kappa shape index (κ2) is 7.20. The number of aliphatic carboxylic acids is 1. The molecule has 104 valence electrons. The fraction of sp³-hybridized carbons (Fsp3) is 0.833. The van der Waals surface area contributed by atoms with Gasteiger partial charge in [0.15, 0.2) is 0 Å². The number of urea groups is 1. The Balaban J connectivity index is 2.59. The number of aliphatic hydroxyl groups excluding tert-OH is 1. The Morgan fingerprint density at radius 3 is 2.44 bits per heavy atom. The van der Waals surface area contributed by atoms with Crippen molar-refractivity contribution in [1.29, 1.82) is 0 Å². The number of nitrogens with one attached hydrogen (secondary N) is 1. The summed E-state index contributed by atoms with van der Waals surface area (Å²) < 4.78 is 0. The Morgan fingerprint density at radius 2 is 1.94 bits per heavy atom. The molecule has 1 fully saturated rings. The molecule has 1 saturated carbocycles. The van der Waals surface area contributed by atoms with Crippen LogP contribution in [0.4, 0.5) is 4.79 Å². The summed E-state index contributed by atoms with van der Waals surface area (Å²) >= 11 is 0. The number of aliphatic hydroxyl groups is 1. The Morgan fingerprint density at radius 1 is 1.33 bits per heavy atom. The van der Waals surface area contributed by atoms with Gasteiger partial charge in [-0.1, -0.05) is 19.3 Å². The highest BCUT2D eigenvalue weighted by atomic mass is 16.4. The first kappa shape index (κ1) is 14.8. The molecule has 0 bridgehead atoms. The van der Waals surface area contributed by atoms with Crippen LogP contribution in [0, 0.1) is 0 Å². The summed E-state index contributed by atoms with van der Waals surface area (Å²) in [6.07, 6.45) is 5.18. The lowest BCUT2D eigenvalue weighted by atomic mass is 9.94. The first-order valence-electron chi connectivity index (χ1n) is 6.47. The van der Waals surface area contributed by atoms with Crippen molar-refractivity contribution in [1.82, 2.24) is 10.2 Å². The topological polar surface area (TPSA) is 89.9 Å². The lowest BCUT2D eigenvalue weighted by Crippen LogP contribution is -2.51. The predicted molar refractivity (Wildman–Crippen MR) is 66.3 cm³/mol. The first-order chi connectivity index (χ1) is 8.56. The van der Waals surface area contributed by atoms with Crippen molar-refractivity contribution in [2.24, 2.45) is 0 Å². The minimum atomic E-state index is -1.06. The number of carbonyl (C=O) groups excluding carboxylic acids is 1. The van der Waals surface area contributed by atoms with Crippen molar-refractivity contribution in [2.45, 2.75) is 51.1 Å². The summed E-state index contributed by atoms with van der Waals surface area (Å²) in [5.41, 5.74) is 0. The van der Waals surface area contributed by atoms with Crippen LogP contribution >= 0.6 is 0 Å². The summed E-state index contributed by atoms with van der Waals surface area (Å²) in [4.78, 5) is 24.3. The van der Waals surface area contributed by atoms with Gasteiger partial charge in [-0.2, -0.15) is 0 Å². The number of rotatable bonds is 5. The average Bonchev–Trinajstić information content (AvgIpc) is 2.36. The van der Waals surface area contributed by atoms with Gasteiger partial charge >= 0.3 is 12.0 Å². The minimum Gasteiger partial charge on any atom is -0.480 e.